The number of benzene rings is 1. The van der Waals surface area contributed by atoms with Gasteiger partial charge in [-0.05, 0) is 54.8 Å². The first-order chi connectivity index (χ1) is 10.3. The monoisotopic (exact) mass is 296 g/mol. The van der Waals surface area contributed by atoms with Crippen LogP contribution in [0.3, 0.4) is 0 Å². The Morgan fingerprint density at radius 1 is 1.19 bits per heavy atom. The molecule has 2 aromatic heterocycles. The van der Waals surface area contributed by atoms with Crippen LogP contribution in [-0.4, -0.2) is 9.55 Å². The van der Waals surface area contributed by atoms with Gasteiger partial charge in [-0.25, -0.2) is 0 Å². The van der Waals surface area contributed by atoms with Gasteiger partial charge in [-0.3, -0.25) is 4.98 Å². The average Bonchev–Trinajstić information content (AvgIpc) is 3.22. The van der Waals surface area contributed by atoms with E-state index in [1.807, 2.05) is 18.3 Å². The minimum Gasteiger partial charge on any atom is -0.338 e. The molecule has 0 aliphatic heterocycles. The van der Waals surface area contributed by atoms with Gasteiger partial charge in [0.2, 0.25) is 0 Å². The molecule has 1 aromatic carbocycles. The first-order valence-corrected chi connectivity index (χ1v) is 7.80. The Labute approximate surface area is 129 Å². The maximum atomic E-state index is 6.42. The van der Waals surface area contributed by atoms with E-state index in [0.717, 1.165) is 10.7 Å². The van der Waals surface area contributed by atoms with Crippen molar-refractivity contribution in [2.24, 2.45) is 5.92 Å². The summed E-state index contributed by atoms with van der Waals surface area (Å²) in [6, 6.07) is 12.7. The van der Waals surface area contributed by atoms with Crippen LogP contribution in [0.5, 0.6) is 0 Å². The van der Waals surface area contributed by atoms with E-state index in [-0.39, 0.29) is 6.04 Å². The summed E-state index contributed by atoms with van der Waals surface area (Å²) >= 11 is 6.42. The fourth-order valence-electron chi connectivity index (χ4n) is 3.25. The molecule has 1 saturated carbocycles. The van der Waals surface area contributed by atoms with Crippen LogP contribution in [0, 0.1) is 12.8 Å². The topological polar surface area (TPSA) is 17.8 Å². The van der Waals surface area contributed by atoms with Crippen molar-refractivity contribution in [3.63, 3.8) is 0 Å². The Hall–Kier alpha value is -1.80. The highest BCUT2D eigenvalue weighted by Gasteiger charge is 2.36. The first-order valence-electron chi connectivity index (χ1n) is 7.42. The Bertz CT molecular complexity index is 802. The predicted molar refractivity (Wildman–Crippen MR) is 86.8 cm³/mol. The summed E-state index contributed by atoms with van der Waals surface area (Å²) in [5.74, 6) is 0.646. The van der Waals surface area contributed by atoms with Crippen molar-refractivity contribution in [1.82, 2.24) is 9.55 Å². The van der Waals surface area contributed by atoms with E-state index in [2.05, 4.69) is 46.9 Å². The smallest absolute Gasteiger partial charge is 0.0820 e. The largest absolute Gasteiger partial charge is 0.338 e. The molecule has 106 valence electrons. The molecule has 0 bridgehead atoms. The van der Waals surface area contributed by atoms with Gasteiger partial charge in [0.15, 0.2) is 0 Å². The number of rotatable bonds is 3. The number of aryl methyl sites for hydroxylation is 1. The molecule has 1 fully saturated rings. The molecule has 2 nitrogen and oxygen atoms in total. The number of hydrogen-bond donors (Lipinski definition) is 0. The van der Waals surface area contributed by atoms with Crippen LogP contribution in [0.1, 0.15) is 30.1 Å². The lowest BCUT2D eigenvalue weighted by molar-refractivity contribution is 0.522. The zero-order valence-electron chi connectivity index (χ0n) is 12.0. The van der Waals surface area contributed by atoms with E-state index in [0.29, 0.717) is 5.92 Å². The predicted octanol–water partition coefficient (Wildman–Crippen LogP) is 5.00. The van der Waals surface area contributed by atoms with Crippen molar-refractivity contribution in [3.05, 3.63) is 65.1 Å². The lowest BCUT2D eigenvalue weighted by Crippen LogP contribution is -2.14. The molecule has 1 unspecified atom stereocenters. The van der Waals surface area contributed by atoms with Crippen molar-refractivity contribution < 1.29 is 0 Å². The third kappa shape index (κ3) is 2.14. The van der Waals surface area contributed by atoms with Crippen molar-refractivity contribution in [2.75, 3.05) is 0 Å². The zero-order chi connectivity index (χ0) is 14.4. The Morgan fingerprint density at radius 2 is 2.05 bits per heavy atom. The second-order valence-electron chi connectivity index (χ2n) is 5.89. The molecule has 0 N–H and O–H groups in total. The molecule has 1 aliphatic rings. The van der Waals surface area contributed by atoms with Crippen molar-refractivity contribution >= 4 is 22.5 Å². The van der Waals surface area contributed by atoms with Gasteiger partial charge < -0.3 is 4.57 Å². The zero-order valence-corrected chi connectivity index (χ0v) is 12.7. The van der Waals surface area contributed by atoms with Gasteiger partial charge >= 0.3 is 0 Å². The Kier molecular flexibility index (Phi) is 3.00. The molecule has 0 radical (unpaired) electrons. The van der Waals surface area contributed by atoms with Crippen LogP contribution in [0.15, 0.2) is 48.8 Å². The summed E-state index contributed by atoms with van der Waals surface area (Å²) < 4.78 is 2.37. The molecular weight excluding hydrogens is 280 g/mol. The van der Waals surface area contributed by atoms with E-state index in [1.165, 1.54) is 29.3 Å². The minimum atomic E-state index is 0.247. The summed E-state index contributed by atoms with van der Waals surface area (Å²) in [6.07, 6.45) is 6.53. The second-order valence-corrected chi connectivity index (χ2v) is 6.30. The van der Waals surface area contributed by atoms with Crippen molar-refractivity contribution in [1.29, 1.82) is 0 Å². The van der Waals surface area contributed by atoms with E-state index in [4.69, 9.17) is 11.6 Å². The lowest BCUT2D eigenvalue weighted by Gasteiger charge is -2.21. The van der Waals surface area contributed by atoms with Crippen LogP contribution >= 0.6 is 11.6 Å². The molecule has 1 aliphatic carbocycles. The SMILES string of the molecule is Cc1cccc2ccn(C(c3ncccc3Cl)C3CC3)c12. The number of fused-ring (bicyclic) bond motifs is 1. The molecule has 3 aromatic rings. The lowest BCUT2D eigenvalue weighted by atomic mass is 10.1. The van der Waals surface area contributed by atoms with Gasteiger partial charge in [0.05, 0.1) is 22.3 Å². The highest BCUT2D eigenvalue weighted by atomic mass is 35.5. The van der Waals surface area contributed by atoms with Crippen LogP contribution in [0.4, 0.5) is 0 Å². The highest BCUT2D eigenvalue weighted by molar-refractivity contribution is 6.31. The molecule has 4 rings (SSSR count). The molecule has 0 saturated heterocycles. The van der Waals surface area contributed by atoms with Crippen LogP contribution in [0.25, 0.3) is 10.9 Å². The molecule has 21 heavy (non-hydrogen) atoms. The molecule has 0 amide bonds. The molecule has 1 atom stereocenters. The number of halogens is 1. The standard InChI is InChI=1S/C18H17ClN2/c1-12-4-2-5-13-9-11-21(17(12)13)18(14-7-8-14)16-15(19)6-3-10-20-16/h2-6,9-11,14,18H,7-8H2,1H3. The van der Waals surface area contributed by atoms with E-state index in [9.17, 15) is 0 Å². The maximum Gasteiger partial charge on any atom is 0.0820 e. The van der Waals surface area contributed by atoms with E-state index in [1.54, 1.807) is 0 Å². The normalized spacial score (nSPS) is 16.3. The Balaban J connectivity index is 1.93. The molecular formula is C18H17ClN2. The summed E-state index contributed by atoms with van der Waals surface area (Å²) in [4.78, 5) is 4.58. The number of para-hydroxylation sites is 1. The summed E-state index contributed by atoms with van der Waals surface area (Å²) in [7, 11) is 0. The van der Waals surface area contributed by atoms with Gasteiger partial charge in [-0.15, -0.1) is 0 Å². The third-order valence-electron chi connectivity index (χ3n) is 4.38. The molecule has 0 spiro atoms. The van der Waals surface area contributed by atoms with Gasteiger partial charge in [0.1, 0.15) is 0 Å². The van der Waals surface area contributed by atoms with Crippen LogP contribution < -0.4 is 0 Å². The minimum absolute atomic E-state index is 0.247. The third-order valence-corrected chi connectivity index (χ3v) is 4.70. The van der Waals surface area contributed by atoms with Crippen LogP contribution in [-0.2, 0) is 0 Å². The number of pyridine rings is 1. The van der Waals surface area contributed by atoms with E-state index >= 15 is 0 Å². The highest BCUT2D eigenvalue weighted by Crippen LogP contribution is 2.46. The van der Waals surface area contributed by atoms with Gasteiger partial charge in [-0.1, -0.05) is 29.8 Å². The van der Waals surface area contributed by atoms with Crippen molar-refractivity contribution in [2.45, 2.75) is 25.8 Å². The van der Waals surface area contributed by atoms with E-state index < -0.39 is 0 Å². The fraction of sp³-hybridized carbons (Fsp3) is 0.278. The second kappa shape index (κ2) is 4.88. The van der Waals surface area contributed by atoms with Gasteiger partial charge in [0, 0.05) is 12.4 Å². The quantitative estimate of drug-likeness (QED) is 0.665. The van der Waals surface area contributed by atoms with Crippen molar-refractivity contribution in [3.8, 4) is 0 Å². The first kappa shape index (κ1) is 12.9. The van der Waals surface area contributed by atoms with Gasteiger partial charge in [0.25, 0.3) is 0 Å². The summed E-state index contributed by atoms with van der Waals surface area (Å²) in [5.41, 5.74) is 3.61. The number of hydrogen-bond acceptors (Lipinski definition) is 1. The number of nitrogens with zero attached hydrogens (tertiary/aromatic N) is 2. The summed E-state index contributed by atoms with van der Waals surface area (Å²) in [6.45, 7) is 2.17. The average molecular weight is 297 g/mol. The maximum absolute atomic E-state index is 6.42. The van der Waals surface area contributed by atoms with Crippen LogP contribution in [0.2, 0.25) is 5.02 Å². The van der Waals surface area contributed by atoms with Gasteiger partial charge in [-0.2, -0.15) is 0 Å². The molecule has 2 heterocycles. The molecule has 3 heteroatoms. The fourth-order valence-corrected chi connectivity index (χ4v) is 3.48. The Morgan fingerprint density at radius 3 is 2.81 bits per heavy atom. The number of aromatic nitrogens is 2. The summed E-state index contributed by atoms with van der Waals surface area (Å²) in [5, 5.41) is 2.05.